The van der Waals surface area contributed by atoms with Crippen molar-refractivity contribution in [3.63, 3.8) is 0 Å². The van der Waals surface area contributed by atoms with Gasteiger partial charge in [0.25, 0.3) is 0 Å². The number of benzene rings is 1. The third-order valence-electron chi connectivity index (χ3n) is 2.87. The Hall–Kier alpha value is -1.01. The average molecular weight is 374 g/mol. The molecule has 116 valence electrons. The summed E-state index contributed by atoms with van der Waals surface area (Å²) in [6, 6.07) is 4.95. The van der Waals surface area contributed by atoms with E-state index in [0.29, 0.717) is 17.4 Å². The molecular formula is C15H20BrNO3S. The van der Waals surface area contributed by atoms with Gasteiger partial charge in [0, 0.05) is 15.9 Å². The van der Waals surface area contributed by atoms with E-state index in [1.807, 2.05) is 0 Å². The lowest BCUT2D eigenvalue weighted by Crippen LogP contribution is -2.32. The lowest BCUT2D eigenvalue weighted by atomic mass is 10.1. The Balaban J connectivity index is 2.69. The lowest BCUT2D eigenvalue weighted by molar-refractivity contribution is -0.120. The Morgan fingerprint density at radius 1 is 1.33 bits per heavy atom. The van der Waals surface area contributed by atoms with Crippen molar-refractivity contribution in [1.29, 1.82) is 0 Å². The largest absolute Gasteiger partial charge is 0.478 e. The van der Waals surface area contributed by atoms with Crippen molar-refractivity contribution in [2.75, 3.05) is 6.54 Å². The van der Waals surface area contributed by atoms with Crippen molar-refractivity contribution in [2.45, 2.75) is 37.3 Å². The van der Waals surface area contributed by atoms with Gasteiger partial charge < -0.3 is 10.4 Å². The van der Waals surface area contributed by atoms with Crippen LogP contribution in [0.1, 0.15) is 37.6 Å². The molecule has 2 N–H and O–H groups in total. The molecule has 0 aliphatic rings. The number of aromatic carboxylic acids is 1. The van der Waals surface area contributed by atoms with Gasteiger partial charge in [-0.3, -0.25) is 4.79 Å². The zero-order valence-corrected chi connectivity index (χ0v) is 14.8. The highest BCUT2D eigenvalue weighted by molar-refractivity contribution is 9.10. The van der Waals surface area contributed by atoms with Crippen LogP contribution in [0.5, 0.6) is 0 Å². The molecule has 0 heterocycles. The molecule has 1 aromatic carbocycles. The van der Waals surface area contributed by atoms with E-state index in [2.05, 4.69) is 35.1 Å². The Labute approximate surface area is 137 Å². The molecule has 21 heavy (non-hydrogen) atoms. The summed E-state index contributed by atoms with van der Waals surface area (Å²) in [6.07, 6.45) is 0.931. The van der Waals surface area contributed by atoms with E-state index in [4.69, 9.17) is 0 Å². The molecule has 1 atom stereocenters. The van der Waals surface area contributed by atoms with E-state index in [0.717, 1.165) is 10.9 Å². The lowest BCUT2D eigenvalue weighted by Gasteiger charge is -2.14. The van der Waals surface area contributed by atoms with Crippen molar-refractivity contribution in [1.82, 2.24) is 5.32 Å². The summed E-state index contributed by atoms with van der Waals surface area (Å²) < 4.78 is 0.794. The first-order valence-corrected chi connectivity index (χ1v) is 8.45. The molecule has 0 radical (unpaired) electrons. The van der Waals surface area contributed by atoms with E-state index >= 15 is 0 Å². The van der Waals surface area contributed by atoms with Gasteiger partial charge in [-0.05, 0) is 37.5 Å². The highest BCUT2D eigenvalue weighted by Gasteiger charge is 2.18. The minimum absolute atomic E-state index is 0.0723. The Bertz CT molecular complexity index is 520. The standard InChI is InChI=1S/C15H20BrNO3S/c1-9(2)6-7-17-14(18)10(3)21-13-8-11(16)4-5-12(13)15(19)20/h4-5,8-10H,6-7H2,1-3H3,(H,17,18)(H,19,20). The number of carbonyl (C=O) groups excluding carboxylic acids is 1. The van der Waals surface area contributed by atoms with Crippen molar-refractivity contribution >= 4 is 39.6 Å². The fourth-order valence-corrected chi connectivity index (χ4v) is 3.20. The van der Waals surface area contributed by atoms with Crippen LogP contribution in [-0.2, 0) is 4.79 Å². The summed E-state index contributed by atoms with van der Waals surface area (Å²) in [7, 11) is 0. The maximum atomic E-state index is 12.0. The van der Waals surface area contributed by atoms with Gasteiger partial charge in [-0.2, -0.15) is 0 Å². The summed E-state index contributed by atoms with van der Waals surface area (Å²) in [5, 5.41) is 11.7. The van der Waals surface area contributed by atoms with Gasteiger partial charge in [-0.15, -0.1) is 11.8 Å². The number of nitrogens with one attached hydrogen (secondary N) is 1. The maximum Gasteiger partial charge on any atom is 0.336 e. The summed E-state index contributed by atoms with van der Waals surface area (Å²) in [5.41, 5.74) is 0.213. The van der Waals surface area contributed by atoms with Crippen LogP contribution >= 0.6 is 27.7 Å². The van der Waals surface area contributed by atoms with E-state index in [1.54, 1.807) is 19.1 Å². The van der Waals surface area contributed by atoms with Gasteiger partial charge in [0.2, 0.25) is 5.91 Å². The van der Waals surface area contributed by atoms with Gasteiger partial charge >= 0.3 is 5.97 Å². The molecule has 0 saturated carbocycles. The van der Waals surface area contributed by atoms with Gasteiger partial charge in [-0.1, -0.05) is 29.8 Å². The SMILES string of the molecule is CC(C)CCNC(=O)C(C)Sc1cc(Br)ccc1C(=O)O. The van der Waals surface area contributed by atoms with Gasteiger partial charge in [0.15, 0.2) is 0 Å². The number of carboxylic acids is 1. The second-order valence-corrected chi connectivity index (χ2v) is 7.48. The Kier molecular flexibility index (Phi) is 7.25. The normalized spacial score (nSPS) is 12.2. The molecule has 0 spiro atoms. The van der Waals surface area contributed by atoms with E-state index in [1.165, 1.54) is 17.8 Å². The third-order valence-corrected chi connectivity index (χ3v) is 4.52. The number of thioether (sulfide) groups is 1. The quantitative estimate of drug-likeness (QED) is 0.713. The fraction of sp³-hybridized carbons (Fsp3) is 0.467. The van der Waals surface area contributed by atoms with Crippen LogP contribution in [0, 0.1) is 5.92 Å². The van der Waals surface area contributed by atoms with Crippen LogP contribution in [0.2, 0.25) is 0 Å². The van der Waals surface area contributed by atoms with E-state index in [9.17, 15) is 14.7 Å². The Morgan fingerprint density at radius 3 is 2.57 bits per heavy atom. The molecule has 0 aromatic heterocycles. The third kappa shape index (κ3) is 6.09. The van der Waals surface area contributed by atoms with Crippen molar-refractivity contribution in [3.05, 3.63) is 28.2 Å². The van der Waals surface area contributed by atoms with E-state index in [-0.39, 0.29) is 16.7 Å². The predicted octanol–water partition coefficient (Wildman–Crippen LogP) is 3.79. The summed E-state index contributed by atoms with van der Waals surface area (Å²) in [4.78, 5) is 23.8. The summed E-state index contributed by atoms with van der Waals surface area (Å²) >= 11 is 4.58. The first-order chi connectivity index (χ1) is 9.81. The number of halogens is 1. The van der Waals surface area contributed by atoms with Gasteiger partial charge in [0.05, 0.1) is 10.8 Å². The van der Waals surface area contributed by atoms with Crippen molar-refractivity contribution < 1.29 is 14.7 Å². The molecule has 1 rings (SSSR count). The van der Waals surface area contributed by atoms with Crippen LogP contribution < -0.4 is 5.32 Å². The highest BCUT2D eigenvalue weighted by Crippen LogP contribution is 2.30. The smallest absolute Gasteiger partial charge is 0.336 e. The van der Waals surface area contributed by atoms with Crippen molar-refractivity contribution in [3.8, 4) is 0 Å². The van der Waals surface area contributed by atoms with Crippen LogP contribution in [0.3, 0.4) is 0 Å². The number of carboxylic acid groups (broad SMARTS) is 1. The Morgan fingerprint density at radius 2 is 2.00 bits per heavy atom. The number of rotatable bonds is 7. The van der Waals surface area contributed by atoms with Gasteiger partial charge in [0.1, 0.15) is 0 Å². The average Bonchev–Trinajstić information content (AvgIpc) is 2.37. The second-order valence-electron chi connectivity index (χ2n) is 5.18. The minimum Gasteiger partial charge on any atom is -0.478 e. The van der Waals surface area contributed by atoms with Crippen molar-refractivity contribution in [2.24, 2.45) is 5.92 Å². The fourth-order valence-electron chi connectivity index (χ4n) is 1.64. The molecule has 1 amide bonds. The summed E-state index contributed by atoms with van der Waals surface area (Å²) in [6.45, 7) is 6.63. The van der Waals surface area contributed by atoms with Crippen LogP contribution in [-0.4, -0.2) is 28.8 Å². The molecular weight excluding hydrogens is 354 g/mol. The second kappa shape index (κ2) is 8.44. The summed E-state index contributed by atoms with van der Waals surface area (Å²) in [5.74, 6) is -0.522. The zero-order valence-electron chi connectivity index (χ0n) is 12.4. The topological polar surface area (TPSA) is 66.4 Å². The molecule has 6 heteroatoms. The van der Waals surface area contributed by atoms with Crippen LogP contribution in [0.25, 0.3) is 0 Å². The molecule has 4 nitrogen and oxygen atoms in total. The van der Waals surface area contributed by atoms with E-state index < -0.39 is 5.97 Å². The zero-order chi connectivity index (χ0) is 16.0. The molecule has 1 aromatic rings. The van der Waals surface area contributed by atoms with Crippen LogP contribution in [0.15, 0.2) is 27.6 Å². The molecule has 0 aliphatic heterocycles. The monoisotopic (exact) mass is 373 g/mol. The molecule has 0 aliphatic carbocycles. The first-order valence-electron chi connectivity index (χ1n) is 6.78. The number of amides is 1. The predicted molar refractivity (Wildman–Crippen MR) is 88.9 cm³/mol. The number of hydrogen-bond acceptors (Lipinski definition) is 3. The minimum atomic E-state index is -0.989. The highest BCUT2D eigenvalue weighted by atomic mass is 79.9. The number of hydrogen-bond donors (Lipinski definition) is 2. The molecule has 1 unspecified atom stereocenters. The van der Waals surface area contributed by atoms with Crippen LogP contribution in [0.4, 0.5) is 0 Å². The number of carbonyl (C=O) groups is 2. The van der Waals surface area contributed by atoms with Gasteiger partial charge in [-0.25, -0.2) is 4.79 Å². The first kappa shape index (κ1) is 18.0. The molecule has 0 saturated heterocycles. The molecule has 0 bridgehead atoms. The maximum absolute atomic E-state index is 12.0. The molecule has 0 fully saturated rings.